The molecule has 2 aromatic rings. The number of fused-ring (bicyclic) bond motifs is 1. The fraction of sp³-hybridized carbons (Fsp3) is 0.235. The number of aliphatic imine (C=N–C) groups is 1. The molecule has 23 heavy (non-hydrogen) atoms. The summed E-state index contributed by atoms with van der Waals surface area (Å²) in [6.45, 7) is 2.37. The van der Waals surface area contributed by atoms with Gasteiger partial charge in [0, 0.05) is 17.0 Å². The molecule has 0 fully saturated rings. The smallest absolute Gasteiger partial charge is 0.237 e. The van der Waals surface area contributed by atoms with Gasteiger partial charge in [0.1, 0.15) is 5.75 Å². The maximum absolute atomic E-state index is 11.0. The van der Waals surface area contributed by atoms with E-state index in [4.69, 9.17) is 16.3 Å². The summed E-state index contributed by atoms with van der Waals surface area (Å²) in [5.74, 6) is 0.672. The molecule has 0 N–H and O–H groups in total. The molecule has 5 nitrogen and oxygen atoms in total. The number of carbonyl (C=O) groups excluding carboxylic acids is 1. The molecule has 0 bridgehead atoms. The number of hydrogen-bond donors (Lipinski definition) is 0. The Morgan fingerprint density at radius 2 is 2.00 bits per heavy atom. The molecule has 2 aromatic carbocycles. The Kier molecular flexibility index (Phi) is 4.24. The normalized spacial score (nSPS) is 19.7. The van der Waals surface area contributed by atoms with Gasteiger partial charge in [-0.1, -0.05) is 23.7 Å². The largest absolute Gasteiger partial charge is 0.493 e. The highest BCUT2D eigenvalue weighted by Crippen LogP contribution is 2.42. The minimum Gasteiger partial charge on any atom is -0.493 e. The van der Waals surface area contributed by atoms with Crippen LogP contribution in [0.5, 0.6) is 5.75 Å². The van der Waals surface area contributed by atoms with E-state index >= 15 is 0 Å². The van der Waals surface area contributed by atoms with E-state index in [1.54, 1.807) is 30.3 Å². The average molecular weight is 328 g/mol. The van der Waals surface area contributed by atoms with Crippen LogP contribution < -0.4 is 4.74 Å². The zero-order valence-corrected chi connectivity index (χ0v) is 13.2. The van der Waals surface area contributed by atoms with Crippen molar-refractivity contribution in [2.24, 2.45) is 15.2 Å². The molecule has 1 aliphatic heterocycles. The summed E-state index contributed by atoms with van der Waals surface area (Å²) in [7, 11) is 0. The van der Waals surface area contributed by atoms with E-state index in [2.05, 4.69) is 15.2 Å². The van der Waals surface area contributed by atoms with Gasteiger partial charge >= 0.3 is 0 Å². The minimum atomic E-state index is -1.09. The van der Waals surface area contributed by atoms with Crippen LogP contribution in [0, 0.1) is 6.92 Å². The highest BCUT2D eigenvalue weighted by molar-refractivity contribution is 6.30. The van der Waals surface area contributed by atoms with Crippen LogP contribution in [0.2, 0.25) is 5.02 Å². The molecule has 1 unspecified atom stereocenters. The fourth-order valence-electron chi connectivity index (χ4n) is 2.48. The molecule has 0 aromatic heterocycles. The van der Waals surface area contributed by atoms with Gasteiger partial charge in [0.05, 0.1) is 12.3 Å². The average Bonchev–Trinajstić information content (AvgIpc) is 2.54. The van der Waals surface area contributed by atoms with Gasteiger partial charge in [0.15, 0.2) is 0 Å². The van der Waals surface area contributed by atoms with Gasteiger partial charge in [-0.2, -0.15) is 15.2 Å². The molecule has 1 heterocycles. The van der Waals surface area contributed by atoms with E-state index in [0.29, 0.717) is 29.5 Å². The van der Waals surface area contributed by atoms with E-state index in [1.807, 2.05) is 25.1 Å². The van der Waals surface area contributed by atoms with Gasteiger partial charge in [-0.3, -0.25) is 0 Å². The summed E-state index contributed by atoms with van der Waals surface area (Å²) in [6, 6.07) is 12.7. The minimum absolute atomic E-state index is 0.404. The van der Waals surface area contributed by atoms with Crippen LogP contribution in [-0.2, 0) is 10.5 Å². The second kappa shape index (κ2) is 6.32. The van der Waals surface area contributed by atoms with Crippen LogP contribution >= 0.6 is 11.6 Å². The Morgan fingerprint density at radius 3 is 2.74 bits per heavy atom. The lowest BCUT2D eigenvalue weighted by molar-refractivity contribution is 0.218. The molecule has 0 aliphatic carbocycles. The summed E-state index contributed by atoms with van der Waals surface area (Å²) in [4.78, 5) is 14.9. The molecule has 1 aliphatic rings. The zero-order valence-electron chi connectivity index (χ0n) is 12.5. The van der Waals surface area contributed by atoms with Crippen molar-refractivity contribution in [2.45, 2.75) is 19.0 Å². The molecule has 1 atom stereocenters. The highest BCUT2D eigenvalue weighted by Gasteiger charge is 2.38. The van der Waals surface area contributed by atoms with Crippen molar-refractivity contribution in [2.75, 3.05) is 6.61 Å². The lowest BCUT2D eigenvalue weighted by Crippen LogP contribution is -2.29. The van der Waals surface area contributed by atoms with Crippen LogP contribution in [0.25, 0.3) is 0 Å². The number of aryl methyl sites for hydroxylation is 1. The topological polar surface area (TPSA) is 63.4 Å². The summed E-state index contributed by atoms with van der Waals surface area (Å²) in [6.07, 6.45) is 2.05. The Labute approximate surface area is 138 Å². The predicted molar refractivity (Wildman–Crippen MR) is 87.1 cm³/mol. The summed E-state index contributed by atoms with van der Waals surface area (Å²) < 4.78 is 5.66. The SMILES string of the molecule is Cc1ccc2c(c1)OCCC2(N=C=O)N=Nc1ccc(Cl)cc1. The van der Waals surface area contributed by atoms with Crippen LogP contribution in [-0.4, -0.2) is 12.7 Å². The highest BCUT2D eigenvalue weighted by atomic mass is 35.5. The Hall–Kier alpha value is -2.49. The maximum atomic E-state index is 11.0. The van der Waals surface area contributed by atoms with E-state index in [0.717, 1.165) is 11.1 Å². The third-order valence-corrected chi connectivity index (χ3v) is 3.92. The van der Waals surface area contributed by atoms with Gasteiger partial charge in [-0.25, -0.2) is 4.79 Å². The first-order chi connectivity index (χ1) is 11.1. The van der Waals surface area contributed by atoms with Gasteiger partial charge in [-0.15, -0.1) is 0 Å². The van der Waals surface area contributed by atoms with Crippen molar-refractivity contribution in [1.29, 1.82) is 0 Å². The first-order valence-corrected chi connectivity index (χ1v) is 7.52. The van der Waals surface area contributed by atoms with Crippen molar-refractivity contribution >= 4 is 23.4 Å². The molecule has 116 valence electrons. The van der Waals surface area contributed by atoms with Gasteiger partial charge in [0.2, 0.25) is 11.7 Å². The molecular weight excluding hydrogens is 314 g/mol. The van der Waals surface area contributed by atoms with Crippen LogP contribution in [0.15, 0.2) is 57.7 Å². The number of benzene rings is 2. The first kappa shape index (κ1) is 15.4. The number of azo groups is 1. The molecule has 0 saturated carbocycles. The van der Waals surface area contributed by atoms with Crippen molar-refractivity contribution < 1.29 is 9.53 Å². The third-order valence-electron chi connectivity index (χ3n) is 3.66. The Bertz CT molecular complexity index is 798. The first-order valence-electron chi connectivity index (χ1n) is 7.14. The van der Waals surface area contributed by atoms with Crippen molar-refractivity contribution in [1.82, 2.24) is 0 Å². The molecular formula is C17H14ClN3O2. The molecule has 6 heteroatoms. The van der Waals surface area contributed by atoms with Crippen LogP contribution in [0.4, 0.5) is 5.69 Å². The second-order valence-electron chi connectivity index (χ2n) is 5.29. The number of nitrogens with zero attached hydrogens (tertiary/aromatic N) is 3. The van der Waals surface area contributed by atoms with E-state index in [1.165, 1.54) is 0 Å². The second-order valence-corrected chi connectivity index (χ2v) is 5.73. The lowest BCUT2D eigenvalue weighted by atomic mass is 9.93. The quantitative estimate of drug-likeness (QED) is 0.466. The number of hydrogen-bond acceptors (Lipinski definition) is 5. The molecule has 0 saturated heterocycles. The summed E-state index contributed by atoms with van der Waals surface area (Å²) >= 11 is 5.86. The number of halogens is 1. The van der Waals surface area contributed by atoms with E-state index in [-0.39, 0.29) is 0 Å². The number of ether oxygens (including phenoxy) is 1. The third kappa shape index (κ3) is 3.16. The predicted octanol–water partition coefficient (Wildman–Crippen LogP) is 4.70. The molecule has 3 rings (SSSR count). The monoisotopic (exact) mass is 327 g/mol. The Balaban J connectivity index is 2.05. The van der Waals surface area contributed by atoms with Crippen molar-refractivity contribution in [3.63, 3.8) is 0 Å². The standard InChI is InChI=1S/C17H14ClN3O2/c1-12-2-7-15-16(10-12)23-9-8-17(15,19-11-22)21-20-14-5-3-13(18)4-6-14/h2-7,10H,8-9H2,1H3. The Morgan fingerprint density at radius 1 is 1.22 bits per heavy atom. The zero-order chi connectivity index (χ0) is 16.3. The van der Waals surface area contributed by atoms with E-state index < -0.39 is 5.66 Å². The fourth-order valence-corrected chi connectivity index (χ4v) is 2.61. The summed E-state index contributed by atoms with van der Waals surface area (Å²) in [5, 5.41) is 9.19. The van der Waals surface area contributed by atoms with Crippen LogP contribution in [0.1, 0.15) is 17.5 Å². The number of rotatable bonds is 3. The molecule has 0 spiro atoms. The van der Waals surface area contributed by atoms with Crippen molar-refractivity contribution in [3.05, 3.63) is 58.6 Å². The van der Waals surface area contributed by atoms with E-state index in [9.17, 15) is 4.79 Å². The summed E-state index contributed by atoms with van der Waals surface area (Å²) in [5.41, 5.74) is 1.32. The van der Waals surface area contributed by atoms with Gasteiger partial charge in [-0.05, 0) is 42.8 Å². The lowest BCUT2D eigenvalue weighted by Gasteiger charge is -2.30. The van der Waals surface area contributed by atoms with Crippen LogP contribution in [0.3, 0.4) is 0 Å². The number of isocyanates is 1. The van der Waals surface area contributed by atoms with Gasteiger partial charge in [0.25, 0.3) is 0 Å². The van der Waals surface area contributed by atoms with Gasteiger partial charge < -0.3 is 4.74 Å². The molecule has 0 radical (unpaired) electrons. The molecule has 0 amide bonds. The van der Waals surface area contributed by atoms with Crippen molar-refractivity contribution in [3.8, 4) is 5.75 Å². The maximum Gasteiger partial charge on any atom is 0.237 e.